The van der Waals surface area contributed by atoms with Crippen LogP contribution in [0.2, 0.25) is 0 Å². The van der Waals surface area contributed by atoms with Crippen LogP contribution in [0.25, 0.3) is 0 Å². The van der Waals surface area contributed by atoms with E-state index in [1.54, 1.807) is 6.33 Å². The van der Waals surface area contributed by atoms with Gasteiger partial charge in [-0.25, -0.2) is 4.98 Å². The predicted octanol–water partition coefficient (Wildman–Crippen LogP) is 2.53. The van der Waals surface area contributed by atoms with E-state index in [9.17, 15) is 0 Å². The zero-order chi connectivity index (χ0) is 12.4. The van der Waals surface area contributed by atoms with Crippen molar-refractivity contribution in [2.24, 2.45) is 0 Å². The molecule has 3 rings (SSSR count). The van der Waals surface area contributed by atoms with Crippen LogP contribution in [-0.4, -0.2) is 15.2 Å². The Morgan fingerprint density at radius 2 is 2.33 bits per heavy atom. The maximum atomic E-state index is 4.16. The first kappa shape index (κ1) is 11.4. The van der Waals surface area contributed by atoms with Gasteiger partial charge in [-0.1, -0.05) is 24.3 Å². The molecule has 0 radical (unpaired) electrons. The molecule has 1 heterocycles. The molecular weight excluding hydrogens is 224 g/mol. The molecular formula is C14H18N4. The molecule has 18 heavy (non-hydrogen) atoms. The monoisotopic (exact) mass is 242 g/mol. The molecule has 0 aliphatic heterocycles. The summed E-state index contributed by atoms with van der Waals surface area (Å²) in [7, 11) is 0. The van der Waals surface area contributed by atoms with E-state index < -0.39 is 0 Å². The molecule has 1 aliphatic rings. The minimum Gasteiger partial charge on any atom is -0.303 e. The third-order valence-electron chi connectivity index (χ3n) is 3.46. The zero-order valence-corrected chi connectivity index (χ0v) is 10.6. The lowest BCUT2D eigenvalue weighted by Gasteiger charge is -2.11. The van der Waals surface area contributed by atoms with E-state index in [2.05, 4.69) is 51.7 Å². The Labute approximate surface area is 107 Å². The number of nitrogens with zero attached hydrogens (tertiary/aromatic N) is 2. The molecule has 0 amide bonds. The van der Waals surface area contributed by atoms with E-state index in [0.717, 1.165) is 18.3 Å². The van der Waals surface area contributed by atoms with Gasteiger partial charge in [0.1, 0.15) is 12.2 Å². The van der Waals surface area contributed by atoms with Gasteiger partial charge in [0, 0.05) is 6.54 Å². The summed E-state index contributed by atoms with van der Waals surface area (Å²) in [5, 5.41) is 10.2. The van der Waals surface area contributed by atoms with Crippen molar-refractivity contribution in [3.8, 4) is 0 Å². The molecule has 0 spiro atoms. The fraction of sp³-hybridized carbons (Fsp3) is 0.429. The van der Waals surface area contributed by atoms with Crippen LogP contribution in [0.15, 0.2) is 30.6 Å². The molecule has 1 atom stereocenters. The molecule has 1 fully saturated rings. The van der Waals surface area contributed by atoms with Crippen LogP contribution >= 0.6 is 0 Å². The Hall–Kier alpha value is -1.68. The van der Waals surface area contributed by atoms with Gasteiger partial charge < -0.3 is 5.32 Å². The highest BCUT2D eigenvalue weighted by molar-refractivity contribution is 5.29. The van der Waals surface area contributed by atoms with Crippen molar-refractivity contribution in [2.75, 3.05) is 0 Å². The number of benzene rings is 1. The number of nitrogens with one attached hydrogen (secondary N) is 2. The van der Waals surface area contributed by atoms with Gasteiger partial charge in [0.15, 0.2) is 0 Å². The molecule has 0 saturated heterocycles. The van der Waals surface area contributed by atoms with Gasteiger partial charge in [-0.15, -0.1) is 0 Å². The first-order valence-electron chi connectivity index (χ1n) is 6.50. The van der Waals surface area contributed by atoms with Crippen LogP contribution in [0.1, 0.15) is 48.7 Å². The second-order valence-electron chi connectivity index (χ2n) is 4.99. The van der Waals surface area contributed by atoms with E-state index in [0.29, 0.717) is 0 Å². The lowest BCUT2D eigenvalue weighted by molar-refractivity contribution is 0.548. The third-order valence-corrected chi connectivity index (χ3v) is 3.46. The van der Waals surface area contributed by atoms with Crippen molar-refractivity contribution in [3.63, 3.8) is 0 Å². The first-order chi connectivity index (χ1) is 8.83. The normalized spacial score (nSPS) is 16.7. The number of hydrogen-bond donors (Lipinski definition) is 2. The fourth-order valence-corrected chi connectivity index (χ4v) is 2.16. The highest BCUT2D eigenvalue weighted by Gasteiger charge is 2.23. The van der Waals surface area contributed by atoms with Crippen LogP contribution in [0, 0.1) is 0 Å². The Morgan fingerprint density at radius 1 is 1.44 bits per heavy atom. The first-order valence-corrected chi connectivity index (χ1v) is 6.50. The molecule has 1 aromatic heterocycles. The number of aromatic nitrogens is 3. The average molecular weight is 242 g/mol. The van der Waals surface area contributed by atoms with E-state index in [1.807, 2.05) is 0 Å². The van der Waals surface area contributed by atoms with E-state index >= 15 is 0 Å². The summed E-state index contributed by atoms with van der Waals surface area (Å²) in [6.07, 6.45) is 4.25. The van der Waals surface area contributed by atoms with Crippen LogP contribution < -0.4 is 5.32 Å². The lowest BCUT2D eigenvalue weighted by Crippen LogP contribution is -2.19. The second kappa shape index (κ2) is 4.90. The zero-order valence-electron chi connectivity index (χ0n) is 10.6. The van der Waals surface area contributed by atoms with Crippen molar-refractivity contribution in [2.45, 2.75) is 38.3 Å². The van der Waals surface area contributed by atoms with Crippen molar-refractivity contribution in [3.05, 3.63) is 47.5 Å². The van der Waals surface area contributed by atoms with Crippen molar-refractivity contribution >= 4 is 0 Å². The SMILES string of the molecule is CC(NCc1cccc(C2CC2)c1)c1ncn[nH]1. The molecule has 2 aromatic rings. The minimum atomic E-state index is 0.192. The molecule has 4 nitrogen and oxygen atoms in total. The second-order valence-corrected chi connectivity index (χ2v) is 4.99. The minimum absolute atomic E-state index is 0.192. The Balaban J connectivity index is 1.60. The van der Waals surface area contributed by atoms with Crippen LogP contribution in [0.4, 0.5) is 0 Å². The van der Waals surface area contributed by atoms with Crippen molar-refractivity contribution < 1.29 is 0 Å². The molecule has 94 valence electrons. The van der Waals surface area contributed by atoms with Gasteiger partial charge >= 0.3 is 0 Å². The van der Waals surface area contributed by atoms with Crippen molar-refractivity contribution in [1.29, 1.82) is 0 Å². The van der Waals surface area contributed by atoms with Crippen molar-refractivity contribution in [1.82, 2.24) is 20.5 Å². The smallest absolute Gasteiger partial charge is 0.141 e. The summed E-state index contributed by atoms with van der Waals surface area (Å²) in [4.78, 5) is 4.16. The Kier molecular flexibility index (Phi) is 3.11. The molecule has 4 heteroatoms. The van der Waals surface area contributed by atoms with E-state index in [-0.39, 0.29) is 6.04 Å². The Morgan fingerprint density at radius 3 is 3.06 bits per heavy atom. The van der Waals surface area contributed by atoms with E-state index in [4.69, 9.17) is 0 Å². The van der Waals surface area contributed by atoms with Gasteiger partial charge in [0.25, 0.3) is 0 Å². The summed E-state index contributed by atoms with van der Waals surface area (Å²) in [5.41, 5.74) is 2.83. The number of rotatable bonds is 5. The molecule has 1 saturated carbocycles. The predicted molar refractivity (Wildman–Crippen MR) is 70.1 cm³/mol. The van der Waals surface area contributed by atoms with Gasteiger partial charge in [-0.3, -0.25) is 5.10 Å². The fourth-order valence-electron chi connectivity index (χ4n) is 2.16. The van der Waals surface area contributed by atoms with Gasteiger partial charge in [0.2, 0.25) is 0 Å². The quantitative estimate of drug-likeness (QED) is 0.847. The largest absolute Gasteiger partial charge is 0.303 e. The summed E-state index contributed by atoms with van der Waals surface area (Å²) >= 11 is 0. The topological polar surface area (TPSA) is 53.6 Å². The number of H-pyrrole nitrogens is 1. The maximum Gasteiger partial charge on any atom is 0.141 e. The number of aromatic amines is 1. The van der Waals surface area contributed by atoms with Crippen LogP contribution in [0.5, 0.6) is 0 Å². The summed E-state index contributed by atoms with van der Waals surface area (Å²) in [5.74, 6) is 1.70. The van der Waals surface area contributed by atoms with Gasteiger partial charge in [-0.2, -0.15) is 5.10 Å². The highest BCUT2D eigenvalue weighted by atomic mass is 15.2. The summed E-state index contributed by atoms with van der Waals surface area (Å²) < 4.78 is 0. The highest BCUT2D eigenvalue weighted by Crippen LogP contribution is 2.40. The standard InChI is InChI=1S/C14H18N4/c1-10(14-16-9-17-18-14)15-8-11-3-2-4-13(7-11)12-5-6-12/h2-4,7,9-10,12,15H,5-6,8H2,1H3,(H,16,17,18). The lowest BCUT2D eigenvalue weighted by atomic mass is 10.1. The van der Waals surface area contributed by atoms with Crippen LogP contribution in [0.3, 0.4) is 0 Å². The van der Waals surface area contributed by atoms with Gasteiger partial charge in [0.05, 0.1) is 6.04 Å². The van der Waals surface area contributed by atoms with Crippen LogP contribution in [-0.2, 0) is 6.54 Å². The molecule has 0 bridgehead atoms. The molecule has 2 N–H and O–H groups in total. The Bertz CT molecular complexity index is 502. The average Bonchev–Trinajstić information content (AvgIpc) is 3.11. The molecule has 1 aliphatic carbocycles. The number of hydrogen-bond acceptors (Lipinski definition) is 3. The third kappa shape index (κ3) is 2.59. The molecule has 1 aromatic carbocycles. The van der Waals surface area contributed by atoms with Gasteiger partial charge in [-0.05, 0) is 36.8 Å². The summed E-state index contributed by atoms with van der Waals surface area (Å²) in [6, 6.07) is 9.08. The molecule has 1 unspecified atom stereocenters. The maximum absolute atomic E-state index is 4.16. The summed E-state index contributed by atoms with van der Waals surface area (Å²) in [6.45, 7) is 2.95. The van der Waals surface area contributed by atoms with E-state index in [1.165, 1.54) is 24.0 Å².